The van der Waals surface area contributed by atoms with E-state index >= 15 is 0 Å². The summed E-state index contributed by atoms with van der Waals surface area (Å²) in [6.07, 6.45) is 3.25. The number of aromatic nitrogens is 1. The molecule has 5 rings (SSSR count). The second-order valence-electron chi connectivity index (χ2n) is 7.85. The van der Waals surface area contributed by atoms with Crippen LogP contribution in [0.3, 0.4) is 0 Å². The Bertz CT molecular complexity index is 1060. The summed E-state index contributed by atoms with van der Waals surface area (Å²) in [6, 6.07) is 17.9. The molecule has 5 nitrogen and oxygen atoms in total. The molecule has 0 spiro atoms. The minimum absolute atomic E-state index is 0.0284. The normalized spacial score (nSPS) is 22.7. The van der Waals surface area contributed by atoms with E-state index < -0.39 is 0 Å². The third kappa shape index (κ3) is 3.09. The zero-order valence-corrected chi connectivity index (χ0v) is 16.4. The molecule has 0 saturated carbocycles. The van der Waals surface area contributed by atoms with Gasteiger partial charge < -0.3 is 10.0 Å². The Morgan fingerprint density at radius 1 is 1.07 bits per heavy atom. The second-order valence-corrected chi connectivity index (χ2v) is 7.85. The summed E-state index contributed by atoms with van der Waals surface area (Å²) >= 11 is 0. The minimum Gasteiger partial charge on any atom is -0.395 e. The van der Waals surface area contributed by atoms with E-state index in [0.29, 0.717) is 18.7 Å². The van der Waals surface area contributed by atoms with Crippen LogP contribution in [0.5, 0.6) is 0 Å². The molecule has 152 valence electrons. The lowest BCUT2D eigenvalue weighted by atomic mass is 9.71. The standard InChI is InChI=1S/C24H22FN3O2/c25-18-7-5-16(6-8-18)13-27-21-14-28(24(30)17-9-11-26-12-10-17)20-4-2-1-3-19(20)23(21)22(27)15-29/h1-12,21-23,29H,13-15H2/t21-,22+,23+/m0/s1. The van der Waals surface area contributed by atoms with Crippen LogP contribution in [-0.2, 0) is 6.54 Å². The van der Waals surface area contributed by atoms with E-state index in [0.717, 1.165) is 16.8 Å². The van der Waals surface area contributed by atoms with Crippen molar-refractivity contribution in [3.05, 3.63) is 95.6 Å². The number of hydrogen-bond donors (Lipinski definition) is 1. The van der Waals surface area contributed by atoms with Crippen molar-refractivity contribution in [2.24, 2.45) is 0 Å². The maximum atomic E-state index is 13.3. The third-order valence-corrected chi connectivity index (χ3v) is 6.28. The van der Waals surface area contributed by atoms with Gasteiger partial charge in [-0.1, -0.05) is 30.3 Å². The molecule has 2 aromatic carbocycles. The molecule has 3 atom stereocenters. The van der Waals surface area contributed by atoms with Gasteiger partial charge in [0.2, 0.25) is 0 Å². The molecule has 3 aromatic rings. The van der Waals surface area contributed by atoms with Crippen LogP contribution >= 0.6 is 0 Å². The van der Waals surface area contributed by atoms with Gasteiger partial charge in [0.05, 0.1) is 6.61 Å². The van der Waals surface area contributed by atoms with Crippen LogP contribution in [0, 0.1) is 5.82 Å². The van der Waals surface area contributed by atoms with Crippen LogP contribution in [0.25, 0.3) is 0 Å². The molecule has 1 amide bonds. The summed E-state index contributed by atoms with van der Waals surface area (Å²) in [5, 5.41) is 10.1. The summed E-state index contributed by atoms with van der Waals surface area (Å²) < 4.78 is 13.3. The van der Waals surface area contributed by atoms with E-state index in [1.165, 1.54) is 12.1 Å². The summed E-state index contributed by atoms with van der Waals surface area (Å²) in [5.41, 5.74) is 3.58. The second kappa shape index (κ2) is 7.63. The number of halogens is 1. The fraction of sp³-hybridized carbons (Fsp3) is 0.250. The first-order valence-corrected chi connectivity index (χ1v) is 10.1. The number of aliphatic hydroxyl groups is 1. The number of fused-ring (bicyclic) bond motifs is 3. The molecule has 0 aliphatic carbocycles. The third-order valence-electron chi connectivity index (χ3n) is 6.28. The van der Waals surface area contributed by atoms with E-state index in [2.05, 4.69) is 16.0 Å². The summed E-state index contributed by atoms with van der Waals surface area (Å²) in [4.78, 5) is 21.3. The average Bonchev–Trinajstić information content (AvgIpc) is 2.79. The molecule has 1 saturated heterocycles. The zero-order valence-electron chi connectivity index (χ0n) is 16.4. The number of anilines is 1. The van der Waals surface area contributed by atoms with Crippen LogP contribution in [-0.4, -0.2) is 46.1 Å². The predicted octanol–water partition coefficient (Wildman–Crippen LogP) is 3.21. The van der Waals surface area contributed by atoms with Crippen LogP contribution in [0.4, 0.5) is 10.1 Å². The first kappa shape index (κ1) is 18.9. The molecular formula is C24H22FN3O2. The van der Waals surface area contributed by atoms with E-state index in [4.69, 9.17) is 0 Å². The molecule has 1 N–H and O–H groups in total. The number of benzene rings is 2. The average molecular weight is 403 g/mol. The van der Waals surface area contributed by atoms with E-state index in [1.54, 1.807) is 36.7 Å². The zero-order chi connectivity index (χ0) is 20.7. The molecule has 2 aliphatic rings. The summed E-state index contributed by atoms with van der Waals surface area (Å²) in [5.74, 6) is -0.162. The van der Waals surface area contributed by atoms with Crippen LogP contribution in [0.15, 0.2) is 73.1 Å². The lowest BCUT2D eigenvalue weighted by molar-refractivity contribution is -0.0488. The molecule has 6 heteroatoms. The molecular weight excluding hydrogens is 381 g/mol. The maximum absolute atomic E-state index is 13.3. The molecule has 30 heavy (non-hydrogen) atoms. The van der Waals surface area contributed by atoms with Crippen LogP contribution < -0.4 is 4.90 Å². The van der Waals surface area contributed by atoms with Gasteiger partial charge in [-0.3, -0.25) is 14.7 Å². The number of pyridine rings is 1. The fourth-order valence-electron chi connectivity index (χ4n) is 4.84. The van der Waals surface area contributed by atoms with Crippen molar-refractivity contribution in [3.63, 3.8) is 0 Å². The maximum Gasteiger partial charge on any atom is 0.258 e. The number of likely N-dealkylation sites (tertiary alicyclic amines) is 1. The highest BCUT2D eigenvalue weighted by Gasteiger charge is 2.53. The van der Waals surface area contributed by atoms with Gasteiger partial charge in [-0.15, -0.1) is 0 Å². The van der Waals surface area contributed by atoms with E-state index in [9.17, 15) is 14.3 Å². The topological polar surface area (TPSA) is 56.7 Å². The molecule has 1 fully saturated rings. The Balaban J connectivity index is 1.48. The smallest absolute Gasteiger partial charge is 0.258 e. The molecule has 2 aliphatic heterocycles. The largest absolute Gasteiger partial charge is 0.395 e. The summed E-state index contributed by atoms with van der Waals surface area (Å²) in [7, 11) is 0. The highest BCUT2D eigenvalue weighted by atomic mass is 19.1. The van der Waals surface area contributed by atoms with Crippen molar-refractivity contribution in [3.8, 4) is 0 Å². The Morgan fingerprint density at radius 2 is 1.80 bits per heavy atom. The van der Waals surface area contributed by atoms with Crippen LogP contribution in [0.2, 0.25) is 0 Å². The monoisotopic (exact) mass is 403 g/mol. The van der Waals surface area contributed by atoms with Crippen LogP contribution in [0.1, 0.15) is 27.4 Å². The number of rotatable bonds is 4. The molecule has 0 bridgehead atoms. The molecule has 0 unspecified atom stereocenters. The number of carbonyl (C=O) groups excluding carboxylic acids is 1. The van der Waals surface area contributed by atoms with Gasteiger partial charge in [0.1, 0.15) is 5.82 Å². The van der Waals surface area contributed by atoms with Gasteiger partial charge in [-0.2, -0.15) is 0 Å². The lowest BCUT2D eigenvalue weighted by Gasteiger charge is -2.59. The molecule has 0 radical (unpaired) electrons. The predicted molar refractivity (Wildman–Crippen MR) is 112 cm³/mol. The minimum atomic E-state index is -0.264. The number of aliphatic hydroxyl groups excluding tert-OH is 1. The van der Waals surface area contributed by atoms with E-state index in [-0.39, 0.29) is 36.3 Å². The van der Waals surface area contributed by atoms with Gasteiger partial charge >= 0.3 is 0 Å². The Kier molecular flexibility index (Phi) is 4.81. The number of nitrogens with zero attached hydrogens (tertiary/aromatic N) is 3. The number of para-hydroxylation sites is 1. The fourth-order valence-corrected chi connectivity index (χ4v) is 4.84. The molecule has 3 heterocycles. The van der Waals surface area contributed by atoms with Crippen molar-refractivity contribution >= 4 is 11.6 Å². The van der Waals surface area contributed by atoms with Crippen molar-refractivity contribution in [1.82, 2.24) is 9.88 Å². The molecule has 1 aromatic heterocycles. The van der Waals surface area contributed by atoms with Crippen molar-refractivity contribution in [2.45, 2.75) is 24.5 Å². The highest BCUT2D eigenvalue weighted by molar-refractivity contribution is 6.07. The number of hydrogen-bond acceptors (Lipinski definition) is 4. The van der Waals surface area contributed by atoms with E-state index in [1.807, 2.05) is 23.1 Å². The Labute approximate surface area is 174 Å². The number of carbonyl (C=O) groups is 1. The Hall–Kier alpha value is -3.09. The van der Waals surface area contributed by atoms with Crippen molar-refractivity contribution in [1.29, 1.82) is 0 Å². The first-order valence-electron chi connectivity index (χ1n) is 10.1. The van der Waals surface area contributed by atoms with Crippen molar-refractivity contribution in [2.75, 3.05) is 18.1 Å². The lowest BCUT2D eigenvalue weighted by Crippen LogP contribution is -2.68. The Morgan fingerprint density at radius 3 is 2.53 bits per heavy atom. The highest BCUT2D eigenvalue weighted by Crippen LogP contribution is 2.48. The van der Waals surface area contributed by atoms with Gasteiger partial charge in [0, 0.05) is 54.7 Å². The van der Waals surface area contributed by atoms with Gasteiger partial charge in [-0.05, 0) is 41.5 Å². The van der Waals surface area contributed by atoms with Gasteiger partial charge in [0.25, 0.3) is 5.91 Å². The van der Waals surface area contributed by atoms with Crippen molar-refractivity contribution < 1.29 is 14.3 Å². The SMILES string of the molecule is O=C(c1ccncc1)N1C[C@H]2[C@@H](c3ccccc31)[C@@H](CO)N2Cc1ccc(F)cc1. The summed E-state index contributed by atoms with van der Waals surface area (Å²) in [6.45, 7) is 1.18. The van der Waals surface area contributed by atoms with Gasteiger partial charge in [0.15, 0.2) is 0 Å². The van der Waals surface area contributed by atoms with Gasteiger partial charge in [-0.25, -0.2) is 4.39 Å². The quantitative estimate of drug-likeness (QED) is 0.727. The first-order chi connectivity index (χ1) is 14.7. The number of amides is 1.